The van der Waals surface area contributed by atoms with Gasteiger partial charge in [0.25, 0.3) is 0 Å². The van der Waals surface area contributed by atoms with Crippen molar-refractivity contribution in [1.82, 2.24) is 0 Å². The molecule has 0 radical (unpaired) electrons. The van der Waals surface area contributed by atoms with Gasteiger partial charge in [-0.15, -0.1) is 0 Å². The Morgan fingerprint density at radius 3 is 2.73 bits per heavy atom. The average Bonchev–Trinajstić information content (AvgIpc) is 2.04. The Morgan fingerprint density at radius 1 is 1.55 bits per heavy atom. The van der Waals surface area contributed by atoms with Gasteiger partial charge in [0, 0.05) is 15.0 Å². The van der Waals surface area contributed by atoms with Gasteiger partial charge in [-0.1, -0.05) is 46.3 Å². The fraction of sp³-hybridized carbons (Fsp3) is 0.125. The molecule has 0 fully saturated rings. The van der Waals surface area contributed by atoms with E-state index in [1.54, 1.807) is 18.2 Å². The van der Waals surface area contributed by atoms with Gasteiger partial charge < -0.3 is 0 Å². The van der Waals surface area contributed by atoms with Gasteiger partial charge in [0.1, 0.15) is 6.29 Å². The Hall–Kier alpha value is -0.0900. The number of aldehydes is 1. The maximum absolute atomic E-state index is 10.5. The molecule has 0 aromatic heterocycles. The van der Waals surface area contributed by atoms with Crippen LogP contribution in [0.15, 0.2) is 18.2 Å². The van der Waals surface area contributed by atoms with E-state index in [0.717, 1.165) is 16.3 Å². The van der Waals surface area contributed by atoms with E-state index in [2.05, 4.69) is 22.6 Å². The highest BCUT2D eigenvalue weighted by Crippen LogP contribution is 2.21. The minimum absolute atomic E-state index is 0.670. The molecule has 0 aliphatic heterocycles. The zero-order valence-electron chi connectivity index (χ0n) is 5.68. The second-order valence-corrected chi connectivity index (χ2v) is 3.23. The van der Waals surface area contributed by atoms with E-state index < -0.39 is 0 Å². The molecule has 1 nitrogen and oxygen atoms in total. The van der Waals surface area contributed by atoms with Crippen LogP contribution in [-0.2, 0) is 4.43 Å². The van der Waals surface area contributed by atoms with Crippen molar-refractivity contribution in [3.63, 3.8) is 0 Å². The lowest BCUT2D eigenvalue weighted by atomic mass is 10.1. The zero-order chi connectivity index (χ0) is 8.27. The third-order valence-electron chi connectivity index (χ3n) is 1.42. The van der Waals surface area contributed by atoms with Crippen molar-refractivity contribution in [1.29, 1.82) is 0 Å². The third kappa shape index (κ3) is 1.93. The number of hydrogen-bond acceptors (Lipinski definition) is 1. The summed E-state index contributed by atoms with van der Waals surface area (Å²) in [7, 11) is 0. The Balaban J connectivity index is 3.23. The van der Waals surface area contributed by atoms with Crippen LogP contribution < -0.4 is 0 Å². The van der Waals surface area contributed by atoms with E-state index in [1.807, 2.05) is 0 Å². The van der Waals surface area contributed by atoms with Crippen molar-refractivity contribution in [2.45, 2.75) is 4.43 Å². The molecule has 0 aliphatic rings. The highest BCUT2D eigenvalue weighted by molar-refractivity contribution is 14.1. The molecule has 3 heteroatoms. The highest BCUT2D eigenvalue weighted by atomic mass is 127. The van der Waals surface area contributed by atoms with Crippen molar-refractivity contribution in [2.24, 2.45) is 0 Å². The van der Waals surface area contributed by atoms with Crippen LogP contribution in [0.5, 0.6) is 0 Å². The molecule has 0 saturated carbocycles. The summed E-state index contributed by atoms with van der Waals surface area (Å²) in [6.45, 7) is 0. The Morgan fingerprint density at radius 2 is 2.27 bits per heavy atom. The van der Waals surface area contributed by atoms with Gasteiger partial charge in [0.2, 0.25) is 0 Å². The van der Waals surface area contributed by atoms with Crippen LogP contribution in [0.1, 0.15) is 15.9 Å². The van der Waals surface area contributed by atoms with Gasteiger partial charge in [-0.3, -0.25) is 4.79 Å². The number of halogens is 2. The SMILES string of the molecule is O=Cc1cccc(Cl)c1CI. The monoisotopic (exact) mass is 280 g/mol. The molecular weight excluding hydrogens is 274 g/mol. The molecule has 0 amide bonds. The summed E-state index contributed by atoms with van der Waals surface area (Å²) in [5, 5.41) is 0.670. The number of rotatable bonds is 2. The maximum atomic E-state index is 10.5. The molecule has 0 heterocycles. The van der Waals surface area contributed by atoms with Gasteiger partial charge in [-0.05, 0) is 11.6 Å². The fourth-order valence-corrected chi connectivity index (χ4v) is 2.15. The second kappa shape index (κ2) is 4.07. The van der Waals surface area contributed by atoms with Gasteiger partial charge in [0.15, 0.2) is 0 Å². The molecule has 0 bridgehead atoms. The topological polar surface area (TPSA) is 17.1 Å². The standard InChI is InChI=1S/C8H6ClIO/c9-8-3-1-2-6(5-11)7(8)4-10/h1-3,5H,4H2. The van der Waals surface area contributed by atoms with Crippen LogP contribution in [0.25, 0.3) is 0 Å². The van der Waals surface area contributed by atoms with Crippen molar-refractivity contribution in [3.8, 4) is 0 Å². The van der Waals surface area contributed by atoms with Gasteiger partial charge in [0.05, 0.1) is 0 Å². The molecule has 1 rings (SSSR count). The maximum Gasteiger partial charge on any atom is 0.150 e. The lowest BCUT2D eigenvalue weighted by molar-refractivity contribution is 0.112. The summed E-state index contributed by atoms with van der Waals surface area (Å²) in [6, 6.07) is 5.34. The number of benzene rings is 1. The largest absolute Gasteiger partial charge is 0.298 e. The van der Waals surface area contributed by atoms with E-state index in [9.17, 15) is 4.79 Å². The Kier molecular flexibility index (Phi) is 3.33. The Bertz CT molecular complexity index is 273. The molecule has 11 heavy (non-hydrogen) atoms. The van der Waals surface area contributed by atoms with E-state index in [-0.39, 0.29) is 0 Å². The van der Waals surface area contributed by atoms with Crippen LogP contribution in [0.2, 0.25) is 5.02 Å². The number of carbonyl (C=O) groups excluding carboxylic acids is 1. The summed E-state index contributed by atoms with van der Waals surface area (Å²) in [4.78, 5) is 10.5. The van der Waals surface area contributed by atoms with E-state index in [4.69, 9.17) is 11.6 Å². The first-order valence-electron chi connectivity index (χ1n) is 3.08. The van der Waals surface area contributed by atoms with Crippen LogP contribution in [0.4, 0.5) is 0 Å². The normalized spacial score (nSPS) is 9.64. The van der Waals surface area contributed by atoms with Crippen LogP contribution in [0, 0.1) is 0 Å². The molecule has 1 aromatic rings. The number of hydrogen-bond donors (Lipinski definition) is 0. The molecule has 0 atom stereocenters. The number of alkyl halides is 1. The third-order valence-corrected chi connectivity index (χ3v) is 2.53. The second-order valence-electron chi connectivity index (χ2n) is 2.06. The highest BCUT2D eigenvalue weighted by Gasteiger charge is 2.02. The predicted molar refractivity (Wildman–Crippen MR) is 54.6 cm³/mol. The van der Waals surface area contributed by atoms with Gasteiger partial charge in [-0.25, -0.2) is 0 Å². The minimum atomic E-state index is 0.670. The molecule has 0 aliphatic carbocycles. The first-order chi connectivity index (χ1) is 5.29. The van der Waals surface area contributed by atoms with Crippen LogP contribution in [0.3, 0.4) is 0 Å². The predicted octanol–water partition coefficient (Wildman–Crippen LogP) is 3.09. The molecule has 0 N–H and O–H groups in total. The molecule has 0 unspecified atom stereocenters. The molecule has 0 spiro atoms. The van der Waals surface area contributed by atoms with Crippen LogP contribution >= 0.6 is 34.2 Å². The first kappa shape index (κ1) is 9.00. The lowest BCUT2D eigenvalue weighted by Crippen LogP contribution is -1.89. The van der Waals surface area contributed by atoms with Gasteiger partial charge in [-0.2, -0.15) is 0 Å². The van der Waals surface area contributed by atoms with Crippen molar-refractivity contribution in [2.75, 3.05) is 0 Å². The molecule has 0 saturated heterocycles. The average molecular weight is 280 g/mol. The zero-order valence-corrected chi connectivity index (χ0v) is 8.59. The smallest absolute Gasteiger partial charge is 0.150 e. The van der Waals surface area contributed by atoms with Crippen molar-refractivity contribution in [3.05, 3.63) is 34.3 Å². The number of carbonyl (C=O) groups is 1. The van der Waals surface area contributed by atoms with Gasteiger partial charge >= 0.3 is 0 Å². The van der Waals surface area contributed by atoms with Crippen molar-refractivity contribution < 1.29 is 4.79 Å². The summed E-state index contributed by atoms with van der Waals surface area (Å²) in [5.41, 5.74) is 1.61. The van der Waals surface area contributed by atoms with E-state index in [0.29, 0.717) is 10.6 Å². The van der Waals surface area contributed by atoms with Crippen molar-refractivity contribution >= 4 is 40.5 Å². The van der Waals surface area contributed by atoms with E-state index in [1.165, 1.54) is 0 Å². The van der Waals surface area contributed by atoms with Crippen LogP contribution in [-0.4, -0.2) is 6.29 Å². The molecular formula is C8H6ClIO. The molecule has 58 valence electrons. The summed E-state index contributed by atoms with van der Waals surface area (Å²) in [6.07, 6.45) is 0.833. The summed E-state index contributed by atoms with van der Waals surface area (Å²) < 4.78 is 0.769. The lowest BCUT2D eigenvalue weighted by Gasteiger charge is -2.01. The first-order valence-corrected chi connectivity index (χ1v) is 4.98. The molecule has 1 aromatic carbocycles. The van der Waals surface area contributed by atoms with E-state index >= 15 is 0 Å². The summed E-state index contributed by atoms with van der Waals surface area (Å²) >= 11 is 8.03. The quantitative estimate of drug-likeness (QED) is 0.462. The fourth-order valence-electron chi connectivity index (χ4n) is 0.827. The summed E-state index contributed by atoms with van der Waals surface area (Å²) in [5.74, 6) is 0. The Labute approximate surface area is 83.9 Å². The minimum Gasteiger partial charge on any atom is -0.298 e.